The van der Waals surface area contributed by atoms with Gasteiger partial charge in [0.25, 0.3) is 5.91 Å². The number of thiophene rings is 1. The van der Waals surface area contributed by atoms with Gasteiger partial charge in [-0.1, -0.05) is 0 Å². The van der Waals surface area contributed by atoms with Crippen LogP contribution in [0.4, 0.5) is 15.1 Å². The average molecular weight is 444 g/mol. The number of rotatable bonds is 4. The summed E-state index contributed by atoms with van der Waals surface area (Å²) in [4.78, 5) is 43.0. The van der Waals surface area contributed by atoms with Crippen LogP contribution in [-0.4, -0.2) is 75.4 Å². The summed E-state index contributed by atoms with van der Waals surface area (Å²) in [5.74, 6) is -0.416. The largest absolute Gasteiger partial charge is 0.348 e. The molecule has 0 radical (unpaired) electrons. The quantitative estimate of drug-likeness (QED) is 0.666. The Bertz CT molecular complexity index is 1140. The van der Waals surface area contributed by atoms with Crippen LogP contribution in [-0.2, 0) is 0 Å². The van der Waals surface area contributed by atoms with Crippen molar-refractivity contribution in [3.8, 4) is 0 Å². The Kier molecular flexibility index (Phi) is 5.68. The van der Waals surface area contributed by atoms with Crippen LogP contribution in [0.25, 0.3) is 10.2 Å². The summed E-state index contributed by atoms with van der Waals surface area (Å²) in [5.41, 5.74) is 1.57. The molecule has 1 N–H and O–H groups in total. The van der Waals surface area contributed by atoms with E-state index in [1.54, 1.807) is 30.1 Å². The van der Waals surface area contributed by atoms with Gasteiger partial charge in [0.05, 0.1) is 29.1 Å². The number of halogens is 1. The van der Waals surface area contributed by atoms with Gasteiger partial charge in [0.15, 0.2) is 5.69 Å². The maximum atomic E-state index is 13.5. The predicted octanol–water partition coefficient (Wildman–Crippen LogP) is 2.80. The summed E-state index contributed by atoms with van der Waals surface area (Å²) < 4.78 is 14.2. The van der Waals surface area contributed by atoms with E-state index in [0.717, 1.165) is 6.20 Å². The Morgan fingerprint density at radius 2 is 2.00 bits per heavy atom. The Labute approximate surface area is 182 Å². The van der Waals surface area contributed by atoms with Crippen LogP contribution in [0.5, 0.6) is 0 Å². The number of fused-ring (bicyclic) bond motifs is 1. The zero-order chi connectivity index (χ0) is 22.1. The van der Waals surface area contributed by atoms with E-state index in [-0.39, 0.29) is 36.3 Å². The van der Waals surface area contributed by atoms with Gasteiger partial charge >= 0.3 is 6.03 Å². The fourth-order valence-electron chi connectivity index (χ4n) is 3.36. The maximum absolute atomic E-state index is 13.5. The summed E-state index contributed by atoms with van der Waals surface area (Å²) >= 11 is 1.39. The fraction of sp³-hybridized carbons (Fsp3) is 0.350. The number of amides is 3. The highest BCUT2D eigenvalue weighted by Gasteiger charge is 2.31. The van der Waals surface area contributed by atoms with Gasteiger partial charge in [-0.3, -0.25) is 9.78 Å². The van der Waals surface area contributed by atoms with Crippen molar-refractivity contribution in [2.75, 3.05) is 39.2 Å². The Morgan fingerprint density at radius 3 is 2.74 bits per heavy atom. The number of hydrogen-bond acceptors (Lipinski definition) is 7. The van der Waals surface area contributed by atoms with Crippen LogP contribution in [0, 0.1) is 5.82 Å². The van der Waals surface area contributed by atoms with Crippen molar-refractivity contribution in [2.45, 2.75) is 13.0 Å². The summed E-state index contributed by atoms with van der Waals surface area (Å²) in [6.07, 6.45) is 2.71. The Hall–Kier alpha value is -3.34. The van der Waals surface area contributed by atoms with Gasteiger partial charge in [-0.25, -0.2) is 19.2 Å². The molecule has 0 saturated carbocycles. The predicted molar refractivity (Wildman–Crippen MR) is 115 cm³/mol. The van der Waals surface area contributed by atoms with Gasteiger partial charge in [0.1, 0.15) is 5.82 Å². The van der Waals surface area contributed by atoms with Crippen molar-refractivity contribution in [3.63, 3.8) is 0 Å². The smallest absolute Gasteiger partial charge is 0.320 e. The lowest BCUT2D eigenvalue weighted by atomic mass is 10.1. The topological polar surface area (TPSA) is 94.6 Å². The minimum absolute atomic E-state index is 0.140. The number of hydrogen-bond donors (Lipinski definition) is 1. The van der Waals surface area contributed by atoms with Crippen molar-refractivity contribution in [1.82, 2.24) is 29.7 Å². The summed E-state index contributed by atoms with van der Waals surface area (Å²) in [7, 11) is 3.36. The SMILES string of the molecule is CC(Nc1nc(C(=O)N2CCN(C(=O)N(C)C)C2)c2sccc2n1)c1cncc(F)c1. The second-order valence-electron chi connectivity index (χ2n) is 7.48. The monoisotopic (exact) mass is 443 g/mol. The van der Waals surface area contributed by atoms with Crippen molar-refractivity contribution >= 4 is 39.4 Å². The molecule has 4 rings (SSSR count). The molecule has 1 unspecified atom stereocenters. The van der Waals surface area contributed by atoms with E-state index in [0.29, 0.717) is 28.9 Å². The van der Waals surface area contributed by atoms with Gasteiger partial charge < -0.3 is 20.0 Å². The fourth-order valence-corrected chi connectivity index (χ4v) is 4.17. The average Bonchev–Trinajstić information content (AvgIpc) is 3.41. The van der Waals surface area contributed by atoms with Crippen LogP contribution in [0.2, 0.25) is 0 Å². The minimum Gasteiger partial charge on any atom is -0.348 e. The molecule has 4 heterocycles. The molecule has 11 heteroatoms. The lowest BCUT2D eigenvalue weighted by molar-refractivity contribution is 0.0766. The highest BCUT2D eigenvalue weighted by Crippen LogP contribution is 2.27. The zero-order valence-corrected chi connectivity index (χ0v) is 18.2. The van der Waals surface area contributed by atoms with Gasteiger partial charge in [0.2, 0.25) is 5.95 Å². The number of pyridine rings is 1. The summed E-state index contributed by atoms with van der Waals surface area (Å²) in [5, 5.41) is 4.98. The third kappa shape index (κ3) is 4.26. The van der Waals surface area contributed by atoms with Gasteiger partial charge in [-0.2, -0.15) is 0 Å². The van der Waals surface area contributed by atoms with Crippen LogP contribution < -0.4 is 5.32 Å². The maximum Gasteiger partial charge on any atom is 0.320 e. The van der Waals surface area contributed by atoms with Gasteiger partial charge in [-0.15, -0.1) is 11.3 Å². The molecule has 0 aromatic carbocycles. The van der Waals surface area contributed by atoms with E-state index in [9.17, 15) is 14.0 Å². The van der Waals surface area contributed by atoms with Crippen molar-refractivity contribution in [1.29, 1.82) is 0 Å². The van der Waals surface area contributed by atoms with Crippen molar-refractivity contribution < 1.29 is 14.0 Å². The minimum atomic E-state index is -0.429. The Balaban J connectivity index is 1.59. The molecule has 1 saturated heterocycles. The molecular weight excluding hydrogens is 421 g/mol. The van der Waals surface area contributed by atoms with Crippen LogP contribution in [0.3, 0.4) is 0 Å². The van der Waals surface area contributed by atoms with Gasteiger partial charge in [-0.05, 0) is 30.0 Å². The van der Waals surface area contributed by atoms with E-state index >= 15 is 0 Å². The number of nitrogens with one attached hydrogen (secondary N) is 1. The molecule has 3 aromatic heterocycles. The highest BCUT2D eigenvalue weighted by molar-refractivity contribution is 7.17. The van der Waals surface area contributed by atoms with E-state index in [4.69, 9.17) is 0 Å². The standard InChI is InChI=1S/C20H22FN7O2S/c1-12(13-8-14(21)10-22-9-13)23-19-24-15-4-7-31-17(15)16(25-19)18(29)27-5-6-28(11-27)20(30)26(2)3/h4,7-10,12H,5-6,11H2,1-3H3,(H,23,24,25). The molecule has 31 heavy (non-hydrogen) atoms. The number of carbonyl (C=O) groups excluding carboxylic acids is 2. The van der Waals surface area contributed by atoms with Gasteiger partial charge in [0, 0.05) is 33.4 Å². The molecule has 162 valence electrons. The molecule has 3 aromatic rings. The first-order valence-electron chi connectivity index (χ1n) is 9.71. The number of carbonyl (C=O) groups is 2. The Morgan fingerprint density at radius 1 is 1.23 bits per heavy atom. The molecule has 1 atom stereocenters. The third-order valence-corrected chi connectivity index (χ3v) is 5.91. The van der Waals surface area contributed by atoms with E-state index in [2.05, 4.69) is 20.3 Å². The molecule has 1 aliphatic heterocycles. The number of anilines is 1. The number of urea groups is 1. The molecular formula is C20H22FN7O2S. The normalized spacial score (nSPS) is 14.7. The molecule has 1 aliphatic rings. The molecule has 0 aliphatic carbocycles. The first-order chi connectivity index (χ1) is 14.8. The molecule has 3 amide bonds. The third-order valence-electron chi connectivity index (χ3n) is 5.00. The summed E-state index contributed by atoms with van der Waals surface area (Å²) in [6.45, 7) is 2.95. The first-order valence-corrected chi connectivity index (χ1v) is 10.6. The summed E-state index contributed by atoms with van der Waals surface area (Å²) in [6, 6.07) is 2.76. The molecule has 1 fully saturated rings. The van der Waals surface area contributed by atoms with Crippen LogP contribution >= 0.6 is 11.3 Å². The van der Waals surface area contributed by atoms with Crippen LogP contribution in [0.1, 0.15) is 29.0 Å². The van der Waals surface area contributed by atoms with Crippen molar-refractivity contribution in [3.05, 3.63) is 47.0 Å². The second-order valence-corrected chi connectivity index (χ2v) is 8.40. The van der Waals surface area contributed by atoms with E-state index in [1.165, 1.54) is 22.3 Å². The second kappa shape index (κ2) is 8.42. The number of nitrogens with zero attached hydrogens (tertiary/aromatic N) is 6. The first kappa shape index (κ1) is 20.9. The van der Waals surface area contributed by atoms with Crippen LogP contribution in [0.15, 0.2) is 29.9 Å². The lowest BCUT2D eigenvalue weighted by Crippen LogP contribution is -2.39. The lowest BCUT2D eigenvalue weighted by Gasteiger charge is -2.22. The number of aromatic nitrogens is 3. The van der Waals surface area contributed by atoms with E-state index < -0.39 is 5.82 Å². The molecule has 9 nitrogen and oxygen atoms in total. The zero-order valence-electron chi connectivity index (χ0n) is 17.4. The van der Waals surface area contributed by atoms with E-state index in [1.807, 2.05) is 18.4 Å². The van der Waals surface area contributed by atoms with Crippen molar-refractivity contribution in [2.24, 2.45) is 0 Å². The molecule has 0 spiro atoms. The molecule has 0 bridgehead atoms. The highest BCUT2D eigenvalue weighted by atomic mass is 32.1.